The number of carbonyl (C=O) groups excluding carboxylic acids is 1. The molecule has 1 unspecified atom stereocenters. The lowest BCUT2D eigenvalue weighted by molar-refractivity contribution is -0.155. The summed E-state index contributed by atoms with van der Waals surface area (Å²) < 4.78 is 5.18. The van der Waals surface area contributed by atoms with Crippen molar-refractivity contribution < 1.29 is 9.53 Å². The molecule has 92 valence electrons. The van der Waals surface area contributed by atoms with Gasteiger partial charge in [0.2, 0.25) is 0 Å². The van der Waals surface area contributed by atoms with Gasteiger partial charge in [0.25, 0.3) is 0 Å². The number of esters is 1. The van der Waals surface area contributed by atoms with Crippen LogP contribution >= 0.6 is 0 Å². The molecule has 1 aromatic carbocycles. The van der Waals surface area contributed by atoms with Crippen LogP contribution in [0.3, 0.4) is 0 Å². The van der Waals surface area contributed by atoms with Crippen LogP contribution in [0.2, 0.25) is 0 Å². The summed E-state index contributed by atoms with van der Waals surface area (Å²) >= 11 is 0. The van der Waals surface area contributed by atoms with Gasteiger partial charge in [0, 0.05) is 13.1 Å². The van der Waals surface area contributed by atoms with Gasteiger partial charge in [-0.15, -0.1) is 0 Å². The average molecular weight is 233 g/mol. The second-order valence-electron chi connectivity index (χ2n) is 4.43. The smallest absolute Gasteiger partial charge is 0.323 e. The van der Waals surface area contributed by atoms with Crippen LogP contribution < -0.4 is 0 Å². The van der Waals surface area contributed by atoms with Crippen molar-refractivity contribution in [1.29, 1.82) is 0 Å². The van der Waals surface area contributed by atoms with Crippen molar-refractivity contribution >= 4 is 5.97 Å². The zero-order valence-corrected chi connectivity index (χ0v) is 10.3. The Bertz CT molecular complexity index is 364. The molecule has 1 atom stereocenters. The average Bonchev–Trinajstić information content (AvgIpc) is 2.33. The minimum atomic E-state index is -0.0611. The molecule has 0 amide bonds. The van der Waals surface area contributed by atoms with E-state index in [1.165, 1.54) is 5.56 Å². The Morgan fingerprint density at radius 1 is 1.41 bits per heavy atom. The van der Waals surface area contributed by atoms with Gasteiger partial charge in [0.15, 0.2) is 0 Å². The fourth-order valence-corrected chi connectivity index (χ4v) is 2.01. The molecule has 1 heterocycles. The number of nitrogens with zero attached hydrogens (tertiary/aromatic N) is 1. The molecule has 1 aliphatic rings. The lowest BCUT2D eigenvalue weighted by atomic mass is 10.0. The van der Waals surface area contributed by atoms with Gasteiger partial charge < -0.3 is 4.74 Å². The van der Waals surface area contributed by atoms with Crippen molar-refractivity contribution in [2.75, 3.05) is 13.2 Å². The van der Waals surface area contributed by atoms with Crippen LogP contribution in [0.4, 0.5) is 0 Å². The van der Waals surface area contributed by atoms with Crippen LogP contribution in [0.15, 0.2) is 30.3 Å². The quantitative estimate of drug-likeness (QED) is 0.730. The monoisotopic (exact) mass is 233 g/mol. The largest absolute Gasteiger partial charge is 0.465 e. The summed E-state index contributed by atoms with van der Waals surface area (Å²) in [6, 6.07) is 10.2. The summed E-state index contributed by atoms with van der Waals surface area (Å²) in [7, 11) is 0. The standard InChI is InChI=1S/C14H19NO2/c1-2-10-17-14(16)13-8-9-15(13)11-12-6-4-3-5-7-12/h3-7,13H,2,8-11H2,1H3. The Hall–Kier alpha value is -1.35. The molecular formula is C14H19NO2. The topological polar surface area (TPSA) is 29.5 Å². The fourth-order valence-electron chi connectivity index (χ4n) is 2.01. The molecule has 0 aliphatic carbocycles. The van der Waals surface area contributed by atoms with Gasteiger partial charge in [-0.1, -0.05) is 37.3 Å². The molecule has 2 rings (SSSR count). The van der Waals surface area contributed by atoms with Crippen molar-refractivity contribution in [2.45, 2.75) is 32.4 Å². The zero-order valence-electron chi connectivity index (χ0n) is 10.3. The third kappa shape index (κ3) is 3.07. The molecule has 0 bridgehead atoms. The van der Waals surface area contributed by atoms with E-state index >= 15 is 0 Å². The Labute approximate surface area is 102 Å². The molecule has 0 aromatic heterocycles. The third-order valence-corrected chi connectivity index (χ3v) is 3.08. The van der Waals surface area contributed by atoms with Crippen LogP contribution in [0, 0.1) is 0 Å². The molecule has 0 spiro atoms. The van der Waals surface area contributed by atoms with Gasteiger partial charge in [-0.05, 0) is 18.4 Å². The van der Waals surface area contributed by atoms with Crippen molar-refractivity contribution in [1.82, 2.24) is 4.90 Å². The van der Waals surface area contributed by atoms with Gasteiger partial charge in [0.1, 0.15) is 6.04 Å². The van der Waals surface area contributed by atoms with Crippen molar-refractivity contribution in [3.05, 3.63) is 35.9 Å². The van der Waals surface area contributed by atoms with Crippen molar-refractivity contribution in [3.8, 4) is 0 Å². The third-order valence-electron chi connectivity index (χ3n) is 3.08. The van der Waals surface area contributed by atoms with E-state index in [0.717, 1.165) is 25.9 Å². The van der Waals surface area contributed by atoms with Gasteiger partial charge in [-0.3, -0.25) is 9.69 Å². The van der Waals surface area contributed by atoms with E-state index in [9.17, 15) is 4.79 Å². The second-order valence-corrected chi connectivity index (χ2v) is 4.43. The maximum atomic E-state index is 11.7. The second kappa shape index (κ2) is 5.82. The van der Waals surface area contributed by atoms with Crippen LogP contribution in [0.5, 0.6) is 0 Å². The summed E-state index contributed by atoms with van der Waals surface area (Å²) in [5.74, 6) is -0.0611. The first-order chi connectivity index (χ1) is 8.31. The first-order valence-electron chi connectivity index (χ1n) is 6.26. The van der Waals surface area contributed by atoms with Crippen LogP contribution in [-0.2, 0) is 16.1 Å². The van der Waals surface area contributed by atoms with Gasteiger partial charge >= 0.3 is 5.97 Å². The highest BCUT2D eigenvalue weighted by Gasteiger charge is 2.34. The van der Waals surface area contributed by atoms with Crippen LogP contribution in [0.25, 0.3) is 0 Å². The minimum Gasteiger partial charge on any atom is -0.465 e. The van der Waals surface area contributed by atoms with E-state index in [4.69, 9.17) is 4.74 Å². The number of benzene rings is 1. The number of rotatable bonds is 5. The molecular weight excluding hydrogens is 214 g/mol. The van der Waals surface area contributed by atoms with Gasteiger partial charge in [-0.2, -0.15) is 0 Å². The Morgan fingerprint density at radius 3 is 2.76 bits per heavy atom. The number of ether oxygens (including phenoxy) is 1. The van der Waals surface area contributed by atoms with Crippen molar-refractivity contribution in [3.63, 3.8) is 0 Å². The molecule has 0 saturated carbocycles. The first-order valence-corrected chi connectivity index (χ1v) is 6.26. The van der Waals surface area contributed by atoms with Crippen molar-refractivity contribution in [2.24, 2.45) is 0 Å². The SMILES string of the molecule is CCCOC(=O)C1CCN1Cc1ccccc1. The molecule has 1 aliphatic heterocycles. The Balaban J connectivity index is 1.84. The van der Waals surface area contributed by atoms with Crippen LogP contribution in [-0.4, -0.2) is 30.1 Å². The number of likely N-dealkylation sites (tertiary alicyclic amines) is 1. The molecule has 0 N–H and O–H groups in total. The highest BCUT2D eigenvalue weighted by atomic mass is 16.5. The lowest BCUT2D eigenvalue weighted by Gasteiger charge is -2.39. The lowest BCUT2D eigenvalue weighted by Crippen LogP contribution is -2.52. The van der Waals surface area contributed by atoms with E-state index in [0.29, 0.717) is 6.61 Å². The summed E-state index contributed by atoms with van der Waals surface area (Å²) in [5, 5.41) is 0. The summed E-state index contributed by atoms with van der Waals surface area (Å²) in [4.78, 5) is 13.9. The molecule has 17 heavy (non-hydrogen) atoms. The normalized spacial score (nSPS) is 19.7. The molecule has 1 fully saturated rings. The summed E-state index contributed by atoms with van der Waals surface area (Å²) in [6.07, 6.45) is 1.81. The van der Waals surface area contributed by atoms with Gasteiger partial charge in [0.05, 0.1) is 6.61 Å². The van der Waals surface area contributed by atoms with Crippen LogP contribution in [0.1, 0.15) is 25.3 Å². The molecule has 3 heteroatoms. The summed E-state index contributed by atoms with van der Waals surface area (Å²) in [6.45, 7) is 4.37. The minimum absolute atomic E-state index is 0.0262. The molecule has 3 nitrogen and oxygen atoms in total. The van der Waals surface area contributed by atoms with E-state index in [1.807, 2.05) is 25.1 Å². The molecule has 0 radical (unpaired) electrons. The number of hydrogen-bond acceptors (Lipinski definition) is 3. The van der Waals surface area contributed by atoms with E-state index < -0.39 is 0 Å². The van der Waals surface area contributed by atoms with E-state index in [-0.39, 0.29) is 12.0 Å². The highest BCUT2D eigenvalue weighted by Crippen LogP contribution is 2.21. The maximum Gasteiger partial charge on any atom is 0.323 e. The number of carbonyl (C=O) groups is 1. The zero-order chi connectivity index (χ0) is 12.1. The fraction of sp³-hybridized carbons (Fsp3) is 0.500. The Kier molecular flexibility index (Phi) is 4.15. The molecule has 1 saturated heterocycles. The van der Waals surface area contributed by atoms with Gasteiger partial charge in [-0.25, -0.2) is 0 Å². The highest BCUT2D eigenvalue weighted by molar-refractivity contribution is 5.76. The predicted molar refractivity (Wildman–Crippen MR) is 66.5 cm³/mol. The number of hydrogen-bond donors (Lipinski definition) is 0. The summed E-state index contributed by atoms with van der Waals surface area (Å²) in [5.41, 5.74) is 1.25. The molecule has 1 aromatic rings. The van der Waals surface area contributed by atoms with E-state index in [2.05, 4.69) is 17.0 Å². The van der Waals surface area contributed by atoms with E-state index in [1.54, 1.807) is 0 Å². The first kappa shape index (κ1) is 12.1. The Morgan fingerprint density at radius 2 is 2.18 bits per heavy atom. The maximum absolute atomic E-state index is 11.7. The predicted octanol–water partition coefficient (Wildman–Crippen LogP) is 2.21.